The van der Waals surface area contributed by atoms with Crippen molar-refractivity contribution in [3.8, 4) is 0 Å². The first-order valence-electron chi connectivity index (χ1n) is 10.3. The highest BCUT2D eigenvalue weighted by Crippen LogP contribution is 2.18. The third-order valence-electron chi connectivity index (χ3n) is 4.66. The van der Waals surface area contributed by atoms with Crippen molar-refractivity contribution in [3.05, 3.63) is 71.8 Å². The van der Waals surface area contributed by atoms with Crippen molar-refractivity contribution in [2.45, 2.75) is 45.7 Å². The summed E-state index contributed by atoms with van der Waals surface area (Å²) in [6.07, 6.45) is 0.725. The second kappa shape index (κ2) is 10.8. The van der Waals surface area contributed by atoms with Gasteiger partial charge in [-0.15, -0.1) is 0 Å². The molecule has 29 heavy (non-hydrogen) atoms. The molecule has 0 radical (unpaired) electrons. The van der Waals surface area contributed by atoms with Gasteiger partial charge in [0.05, 0.1) is 12.6 Å². The lowest BCUT2D eigenvalue weighted by Crippen LogP contribution is -3.14. The summed E-state index contributed by atoms with van der Waals surface area (Å²) in [5.41, 5.74) is 1.98. The summed E-state index contributed by atoms with van der Waals surface area (Å²) in [5, 5.41) is 6.14. The van der Waals surface area contributed by atoms with Crippen molar-refractivity contribution in [1.29, 1.82) is 0 Å². The standard InChI is InChI=1S/C24H33N3O2/c1-5-27(18-23(29)26-24(2,3)4)17-22(28)25-21(20-14-10-7-11-15-20)16-19-12-8-6-9-13-19/h6-15,21H,5,16-18H2,1-4H3,(H,25,28)(H,26,29)/p+1/t21-/m0/s1. The Morgan fingerprint density at radius 3 is 2.00 bits per heavy atom. The van der Waals surface area contributed by atoms with E-state index in [1.165, 1.54) is 5.56 Å². The lowest BCUT2D eigenvalue weighted by molar-refractivity contribution is -0.881. The molecular formula is C24H34N3O2+. The van der Waals surface area contributed by atoms with Crippen LogP contribution in [0.3, 0.4) is 0 Å². The van der Waals surface area contributed by atoms with Crippen LogP contribution in [-0.4, -0.2) is 37.0 Å². The van der Waals surface area contributed by atoms with E-state index in [1.54, 1.807) is 0 Å². The number of rotatable bonds is 9. The molecule has 2 atom stereocenters. The first-order chi connectivity index (χ1) is 13.8. The van der Waals surface area contributed by atoms with Crippen molar-refractivity contribution in [3.63, 3.8) is 0 Å². The van der Waals surface area contributed by atoms with Crippen molar-refractivity contribution in [1.82, 2.24) is 10.6 Å². The average Bonchev–Trinajstić information content (AvgIpc) is 2.67. The SMILES string of the molecule is CC[NH+](CC(=O)N[C@@H](Cc1ccccc1)c1ccccc1)CC(=O)NC(C)(C)C. The molecule has 0 spiro atoms. The minimum Gasteiger partial charge on any atom is -0.347 e. The smallest absolute Gasteiger partial charge is 0.275 e. The van der Waals surface area contributed by atoms with Crippen LogP contribution < -0.4 is 15.5 Å². The van der Waals surface area contributed by atoms with Gasteiger partial charge in [0.15, 0.2) is 13.1 Å². The van der Waals surface area contributed by atoms with Gasteiger partial charge in [0, 0.05) is 5.54 Å². The molecule has 0 saturated carbocycles. The Labute approximate surface area is 174 Å². The zero-order valence-corrected chi connectivity index (χ0v) is 18.0. The van der Waals surface area contributed by atoms with Crippen LogP contribution in [0.2, 0.25) is 0 Å². The lowest BCUT2D eigenvalue weighted by atomic mass is 9.99. The fraction of sp³-hybridized carbons (Fsp3) is 0.417. The van der Waals surface area contributed by atoms with Gasteiger partial charge in [-0.2, -0.15) is 0 Å². The first-order valence-corrected chi connectivity index (χ1v) is 10.3. The van der Waals surface area contributed by atoms with Crippen LogP contribution in [0, 0.1) is 0 Å². The van der Waals surface area contributed by atoms with Crippen LogP contribution in [-0.2, 0) is 16.0 Å². The molecule has 0 aromatic heterocycles. The molecule has 0 heterocycles. The molecule has 0 aliphatic rings. The van der Waals surface area contributed by atoms with Gasteiger partial charge in [-0.3, -0.25) is 9.59 Å². The normalized spacial score (nSPS) is 13.4. The number of carbonyl (C=O) groups excluding carboxylic acids is 2. The van der Waals surface area contributed by atoms with E-state index in [9.17, 15) is 9.59 Å². The maximum absolute atomic E-state index is 12.8. The fourth-order valence-electron chi connectivity index (χ4n) is 3.26. The summed E-state index contributed by atoms with van der Waals surface area (Å²) in [5.74, 6) is -0.0822. The molecule has 2 aromatic rings. The molecule has 1 unspecified atom stereocenters. The number of benzene rings is 2. The molecule has 0 bridgehead atoms. The Morgan fingerprint density at radius 1 is 0.897 bits per heavy atom. The zero-order chi connectivity index (χ0) is 21.3. The van der Waals surface area contributed by atoms with E-state index in [0.717, 1.165) is 16.9 Å². The Morgan fingerprint density at radius 2 is 1.45 bits per heavy atom. The van der Waals surface area contributed by atoms with E-state index in [-0.39, 0.29) is 36.5 Å². The van der Waals surface area contributed by atoms with Crippen LogP contribution in [0.15, 0.2) is 60.7 Å². The van der Waals surface area contributed by atoms with Crippen LogP contribution in [0.5, 0.6) is 0 Å². The predicted molar refractivity (Wildman–Crippen MR) is 117 cm³/mol. The third-order valence-corrected chi connectivity index (χ3v) is 4.66. The van der Waals surface area contributed by atoms with Gasteiger partial charge in [0.2, 0.25) is 0 Å². The van der Waals surface area contributed by atoms with Gasteiger partial charge >= 0.3 is 0 Å². The highest BCUT2D eigenvalue weighted by molar-refractivity contribution is 5.79. The number of hydrogen-bond acceptors (Lipinski definition) is 2. The number of quaternary nitrogens is 1. The number of hydrogen-bond donors (Lipinski definition) is 3. The molecule has 3 N–H and O–H groups in total. The summed E-state index contributed by atoms with van der Waals surface area (Å²) < 4.78 is 0. The minimum absolute atomic E-state index is 0.0361. The second-order valence-corrected chi connectivity index (χ2v) is 8.48. The van der Waals surface area contributed by atoms with Gasteiger partial charge in [-0.1, -0.05) is 60.7 Å². The Bertz CT molecular complexity index is 770. The van der Waals surface area contributed by atoms with Gasteiger partial charge < -0.3 is 15.5 Å². The Kier molecular flexibility index (Phi) is 8.40. The first kappa shape index (κ1) is 22.6. The molecule has 5 nitrogen and oxygen atoms in total. The summed E-state index contributed by atoms with van der Waals surface area (Å²) in [7, 11) is 0. The Hall–Kier alpha value is -2.66. The fourth-order valence-corrected chi connectivity index (χ4v) is 3.26. The van der Waals surface area contributed by atoms with Crippen molar-refractivity contribution in [2.75, 3.05) is 19.6 Å². The average molecular weight is 397 g/mol. The van der Waals surface area contributed by atoms with E-state index in [4.69, 9.17) is 0 Å². The molecule has 2 aromatic carbocycles. The summed E-state index contributed by atoms with van der Waals surface area (Å²) in [6.45, 7) is 9.12. The number of carbonyl (C=O) groups is 2. The topological polar surface area (TPSA) is 62.6 Å². The lowest BCUT2D eigenvalue weighted by Gasteiger charge is -2.24. The summed E-state index contributed by atoms with van der Waals surface area (Å²) in [4.78, 5) is 26.0. The number of nitrogens with one attached hydrogen (secondary N) is 3. The quantitative estimate of drug-likeness (QED) is 0.606. The second-order valence-electron chi connectivity index (χ2n) is 8.48. The van der Waals surface area contributed by atoms with Gasteiger partial charge in [-0.05, 0) is 45.2 Å². The molecule has 2 rings (SSSR count). The predicted octanol–water partition coefficient (Wildman–Crippen LogP) is 1.91. The maximum Gasteiger partial charge on any atom is 0.275 e. The van der Waals surface area contributed by atoms with Crippen LogP contribution >= 0.6 is 0 Å². The molecule has 0 aliphatic heterocycles. The molecule has 0 saturated heterocycles. The third kappa shape index (κ3) is 8.48. The summed E-state index contributed by atoms with van der Waals surface area (Å²) >= 11 is 0. The van der Waals surface area contributed by atoms with Crippen molar-refractivity contribution < 1.29 is 14.5 Å². The molecule has 5 heteroatoms. The monoisotopic (exact) mass is 396 g/mol. The minimum atomic E-state index is -0.272. The van der Waals surface area contributed by atoms with Gasteiger partial charge in [0.1, 0.15) is 0 Å². The molecular weight excluding hydrogens is 362 g/mol. The van der Waals surface area contributed by atoms with Crippen molar-refractivity contribution >= 4 is 11.8 Å². The van der Waals surface area contributed by atoms with E-state index < -0.39 is 0 Å². The van der Waals surface area contributed by atoms with Crippen molar-refractivity contribution in [2.24, 2.45) is 0 Å². The van der Waals surface area contributed by atoms with Crippen LogP contribution in [0.1, 0.15) is 44.9 Å². The van der Waals surface area contributed by atoms with E-state index in [1.807, 2.05) is 76.2 Å². The molecule has 0 aliphatic carbocycles. The van der Waals surface area contributed by atoms with E-state index >= 15 is 0 Å². The molecule has 156 valence electrons. The van der Waals surface area contributed by atoms with Gasteiger partial charge in [-0.25, -0.2) is 0 Å². The van der Waals surface area contributed by atoms with E-state index in [0.29, 0.717) is 6.54 Å². The number of likely N-dealkylation sites (N-methyl/N-ethyl adjacent to an activating group) is 1. The summed E-state index contributed by atoms with van der Waals surface area (Å²) in [6, 6.07) is 20.1. The molecule has 0 fully saturated rings. The molecule has 2 amide bonds. The van der Waals surface area contributed by atoms with E-state index in [2.05, 4.69) is 22.8 Å². The van der Waals surface area contributed by atoms with Gasteiger partial charge in [0.25, 0.3) is 11.8 Å². The number of amides is 2. The zero-order valence-electron chi connectivity index (χ0n) is 18.0. The van der Waals surface area contributed by atoms with Crippen LogP contribution in [0.25, 0.3) is 0 Å². The Balaban J connectivity index is 2.01. The maximum atomic E-state index is 12.8. The largest absolute Gasteiger partial charge is 0.347 e. The highest BCUT2D eigenvalue weighted by atomic mass is 16.2. The van der Waals surface area contributed by atoms with Crippen LogP contribution in [0.4, 0.5) is 0 Å². The highest BCUT2D eigenvalue weighted by Gasteiger charge is 2.22.